The molecule has 1 amide bonds. The lowest BCUT2D eigenvalue weighted by Gasteiger charge is -2.15. The van der Waals surface area contributed by atoms with Crippen LogP contribution in [0.4, 0.5) is 13.2 Å². The number of aromatic nitrogens is 1. The molecule has 0 spiro atoms. The van der Waals surface area contributed by atoms with E-state index >= 15 is 0 Å². The SMILES string of the molecule is CC(NC(=O)C1CC1c1ccccc1)c1ccc(C(F)(F)F)nc1. The van der Waals surface area contributed by atoms with E-state index in [1.54, 1.807) is 6.92 Å². The maximum Gasteiger partial charge on any atom is 0.433 e. The average molecular weight is 334 g/mol. The lowest BCUT2D eigenvalue weighted by molar-refractivity contribution is -0.141. The van der Waals surface area contributed by atoms with Gasteiger partial charge < -0.3 is 5.32 Å². The Morgan fingerprint density at radius 3 is 2.50 bits per heavy atom. The van der Waals surface area contributed by atoms with Gasteiger partial charge in [0, 0.05) is 12.1 Å². The third-order valence-corrected chi connectivity index (χ3v) is 4.29. The third kappa shape index (κ3) is 3.58. The van der Waals surface area contributed by atoms with Gasteiger partial charge in [-0.1, -0.05) is 36.4 Å². The topological polar surface area (TPSA) is 42.0 Å². The van der Waals surface area contributed by atoms with E-state index in [-0.39, 0.29) is 23.8 Å². The lowest BCUT2D eigenvalue weighted by Crippen LogP contribution is -2.28. The summed E-state index contributed by atoms with van der Waals surface area (Å²) in [4.78, 5) is 15.7. The first kappa shape index (κ1) is 16.5. The standard InChI is InChI=1S/C18H17F3N2O/c1-11(13-7-8-16(22-10-13)18(19,20)21)23-17(24)15-9-14(15)12-5-3-2-4-6-12/h2-8,10-11,14-15H,9H2,1H3,(H,23,24). The number of hydrogen-bond acceptors (Lipinski definition) is 2. The molecule has 1 heterocycles. The average Bonchev–Trinajstić information content (AvgIpc) is 3.36. The van der Waals surface area contributed by atoms with Crippen LogP contribution in [-0.4, -0.2) is 10.9 Å². The Labute approximate surface area is 137 Å². The van der Waals surface area contributed by atoms with Gasteiger partial charge in [-0.3, -0.25) is 9.78 Å². The summed E-state index contributed by atoms with van der Waals surface area (Å²) in [7, 11) is 0. The molecular weight excluding hydrogens is 317 g/mol. The van der Waals surface area contributed by atoms with Gasteiger partial charge in [-0.05, 0) is 36.5 Å². The molecule has 126 valence electrons. The van der Waals surface area contributed by atoms with E-state index in [1.807, 2.05) is 30.3 Å². The molecule has 24 heavy (non-hydrogen) atoms. The highest BCUT2D eigenvalue weighted by Crippen LogP contribution is 2.47. The van der Waals surface area contributed by atoms with Crippen molar-refractivity contribution in [3.63, 3.8) is 0 Å². The molecule has 3 rings (SSSR count). The molecule has 3 unspecified atom stereocenters. The molecule has 1 saturated carbocycles. The fourth-order valence-corrected chi connectivity index (χ4v) is 2.79. The molecule has 3 atom stereocenters. The van der Waals surface area contributed by atoms with Gasteiger partial charge in [-0.15, -0.1) is 0 Å². The van der Waals surface area contributed by atoms with Crippen molar-refractivity contribution in [3.8, 4) is 0 Å². The zero-order valence-corrected chi connectivity index (χ0v) is 13.0. The number of nitrogens with zero attached hydrogens (tertiary/aromatic N) is 1. The molecule has 2 aromatic rings. The minimum Gasteiger partial charge on any atom is -0.349 e. The van der Waals surface area contributed by atoms with Crippen molar-refractivity contribution in [2.75, 3.05) is 0 Å². The molecular formula is C18H17F3N2O. The molecule has 0 radical (unpaired) electrons. The molecule has 1 fully saturated rings. The van der Waals surface area contributed by atoms with Crippen LogP contribution in [-0.2, 0) is 11.0 Å². The number of hydrogen-bond donors (Lipinski definition) is 1. The second-order valence-electron chi connectivity index (χ2n) is 6.06. The number of halogens is 3. The number of nitrogens with one attached hydrogen (secondary N) is 1. The Balaban J connectivity index is 1.59. The van der Waals surface area contributed by atoms with E-state index in [0.717, 1.165) is 24.2 Å². The van der Waals surface area contributed by atoms with Gasteiger partial charge in [0.1, 0.15) is 5.69 Å². The Morgan fingerprint density at radius 1 is 1.21 bits per heavy atom. The molecule has 1 aromatic heterocycles. The van der Waals surface area contributed by atoms with Gasteiger partial charge in [0.15, 0.2) is 0 Å². The quantitative estimate of drug-likeness (QED) is 0.915. The van der Waals surface area contributed by atoms with Gasteiger partial charge in [-0.2, -0.15) is 13.2 Å². The zero-order valence-electron chi connectivity index (χ0n) is 13.0. The van der Waals surface area contributed by atoms with E-state index in [4.69, 9.17) is 0 Å². The molecule has 0 aliphatic heterocycles. The van der Waals surface area contributed by atoms with Gasteiger partial charge in [0.2, 0.25) is 5.91 Å². The molecule has 3 nitrogen and oxygen atoms in total. The Kier molecular flexibility index (Phi) is 4.30. The van der Waals surface area contributed by atoms with Gasteiger partial charge in [0.25, 0.3) is 0 Å². The predicted octanol–water partition coefficient (Wildman–Crippen LogP) is 4.08. The van der Waals surface area contributed by atoms with E-state index in [1.165, 1.54) is 6.07 Å². The number of alkyl halides is 3. The highest BCUT2D eigenvalue weighted by atomic mass is 19.4. The predicted molar refractivity (Wildman–Crippen MR) is 83.1 cm³/mol. The highest BCUT2D eigenvalue weighted by molar-refractivity contribution is 5.83. The maximum atomic E-state index is 12.5. The molecule has 1 aromatic carbocycles. The number of pyridine rings is 1. The van der Waals surface area contributed by atoms with Crippen LogP contribution >= 0.6 is 0 Å². The number of amides is 1. The first-order valence-corrected chi connectivity index (χ1v) is 7.74. The summed E-state index contributed by atoms with van der Waals surface area (Å²) in [6.07, 6.45) is -2.49. The van der Waals surface area contributed by atoms with Gasteiger partial charge in [0.05, 0.1) is 6.04 Å². The van der Waals surface area contributed by atoms with Crippen molar-refractivity contribution < 1.29 is 18.0 Å². The summed E-state index contributed by atoms with van der Waals surface area (Å²) in [6, 6.07) is 11.7. The van der Waals surface area contributed by atoms with Gasteiger partial charge >= 0.3 is 6.18 Å². The Bertz CT molecular complexity index is 713. The molecule has 6 heteroatoms. The van der Waals surface area contributed by atoms with Crippen LogP contribution in [0.5, 0.6) is 0 Å². The van der Waals surface area contributed by atoms with E-state index in [2.05, 4.69) is 10.3 Å². The number of carbonyl (C=O) groups is 1. The van der Waals surface area contributed by atoms with Crippen LogP contribution in [0.2, 0.25) is 0 Å². The van der Waals surface area contributed by atoms with E-state index in [9.17, 15) is 18.0 Å². The Morgan fingerprint density at radius 2 is 1.92 bits per heavy atom. The second-order valence-corrected chi connectivity index (χ2v) is 6.06. The summed E-state index contributed by atoms with van der Waals surface area (Å²) in [5.74, 6) is 0.0811. The Hall–Kier alpha value is -2.37. The van der Waals surface area contributed by atoms with Crippen LogP contribution in [0.1, 0.15) is 42.1 Å². The summed E-state index contributed by atoms with van der Waals surface area (Å²) in [5.41, 5.74) is 0.755. The molecule has 1 aliphatic carbocycles. The smallest absolute Gasteiger partial charge is 0.349 e. The van der Waals surface area contributed by atoms with E-state index in [0.29, 0.717) is 5.56 Å². The van der Waals surface area contributed by atoms with Crippen molar-refractivity contribution in [1.82, 2.24) is 10.3 Å². The molecule has 1 N–H and O–H groups in total. The van der Waals surface area contributed by atoms with Crippen molar-refractivity contribution >= 4 is 5.91 Å². The van der Waals surface area contributed by atoms with Crippen LogP contribution in [0.15, 0.2) is 48.7 Å². The van der Waals surface area contributed by atoms with Crippen LogP contribution in [0.25, 0.3) is 0 Å². The van der Waals surface area contributed by atoms with Crippen molar-refractivity contribution in [2.24, 2.45) is 5.92 Å². The highest BCUT2D eigenvalue weighted by Gasteiger charge is 2.44. The first-order valence-electron chi connectivity index (χ1n) is 7.74. The van der Waals surface area contributed by atoms with Crippen molar-refractivity contribution in [1.29, 1.82) is 0 Å². The summed E-state index contributed by atoms with van der Waals surface area (Å²) in [5, 5.41) is 2.86. The van der Waals surface area contributed by atoms with Crippen LogP contribution < -0.4 is 5.32 Å². The zero-order chi connectivity index (χ0) is 17.3. The minimum absolute atomic E-state index is 0.0720. The number of rotatable bonds is 4. The minimum atomic E-state index is -4.46. The summed E-state index contributed by atoms with van der Waals surface area (Å²) < 4.78 is 37.6. The fourth-order valence-electron chi connectivity index (χ4n) is 2.79. The lowest BCUT2D eigenvalue weighted by atomic mass is 10.1. The second kappa shape index (κ2) is 6.26. The third-order valence-electron chi connectivity index (χ3n) is 4.29. The molecule has 0 saturated heterocycles. The van der Waals surface area contributed by atoms with Gasteiger partial charge in [-0.25, -0.2) is 0 Å². The van der Waals surface area contributed by atoms with Crippen molar-refractivity contribution in [3.05, 3.63) is 65.5 Å². The van der Waals surface area contributed by atoms with Crippen LogP contribution in [0.3, 0.4) is 0 Å². The largest absolute Gasteiger partial charge is 0.433 e. The normalized spacial score (nSPS) is 21.2. The fraction of sp³-hybridized carbons (Fsp3) is 0.333. The van der Waals surface area contributed by atoms with Crippen molar-refractivity contribution in [2.45, 2.75) is 31.5 Å². The monoisotopic (exact) mass is 334 g/mol. The summed E-state index contributed by atoms with van der Waals surface area (Å²) in [6.45, 7) is 1.74. The number of benzene rings is 1. The van der Waals surface area contributed by atoms with E-state index < -0.39 is 11.9 Å². The van der Waals surface area contributed by atoms with Crippen LogP contribution in [0, 0.1) is 5.92 Å². The molecule has 1 aliphatic rings. The summed E-state index contributed by atoms with van der Waals surface area (Å²) >= 11 is 0. The number of carbonyl (C=O) groups excluding carboxylic acids is 1. The molecule has 0 bridgehead atoms. The first-order chi connectivity index (χ1) is 11.4. The maximum absolute atomic E-state index is 12.5.